The topological polar surface area (TPSA) is 75.4 Å². The lowest BCUT2D eigenvalue weighted by molar-refractivity contribution is 0.0940. The molecule has 0 aliphatic carbocycles. The Morgan fingerprint density at radius 3 is 3.12 bits per heavy atom. The quantitative estimate of drug-likeness (QED) is 0.863. The highest BCUT2D eigenvalue weighted by Crippen LogP contribution is 2.27. The molecule has 0 saturated heterocycles. The summed E-state index contributed by atoms with van der Waals surface area (Å²) in [5.41, 5.74) is 0.384. The number of nitrogens with zero attached hydrogens (tertiary/aromatic N) is 1. The van der Waals surface area contributed by atoms with Crippen LogP contribution in [-0.2, 0) is 0 Å². The van der Waals surface area contributed by atoms with Crippen molar-refractivity contribution in [3.05, 3.63) is 29.0 Å². The van der Waals surface area contributed by atoms with Crippen LogP contribution in [0.5, 0.6) is 0 Å². The van der Waals surface area contributed by atoms with Crippen LogP contribution >= 0.6 is 11.3 Å². The number of aryl methyl sites for hydroxylation is 1. The van der Waals surface area contributed by atoms with E-state index in [0.717, 1.165) is 4.88 Å². The summed E-state index contributed by atoms with van der Waals surface area (Å²) in [6, 6.07) is 3.57. The van der Waals surface area contributed by atoms with Gasteiger partial charge in [0.2, 0.25) is 0 Å². The number of hydrogen-bond acceptors (Lipinski definition) is 5. The van der Waals surface area contributed by atoms with Gasteiger partial charge in [-0.1, -0.05) is 0 Å². The fourth-order valence-corrected chi connectivity index (χ4v) is 2.24. The van der Waals surface area contributed by atoms with E-state index in [9.17, 15) is 4.79 Å². The lowest BCUT2D eigenvalue weighted by atomic mass is 10.3. The third kappa shape index (κ3) is 2.54. The van der Waals surface area contributed by atoms with Crippen LogP contribution in [0.1, 0.15) is 15.4 Å². The number of rotatable bonds is 4. The summed E-state index contributed by atoms with van der Waals surface area (Å²) in [4.78, 5) is 16.8. The first-order chi connectivity index (χ1) is 8.22. The second-order valence-corrected chi connectivity index (χ2v) is 4.58. The molecule has 0 atom stereocenters. The Kier molecular flexibility index (Phi) is 3.55. The minimum absolute atomic E-state index is 0.0834. The molecule has 0 aliphatic rings. The normalized spacial score (nSPS) is 10.5. The molecule has 0 aromatic carbocycles. The van der Waals surface area contributed by atoms with E-state index in [4.69, 9.17) is 9.52 Å². The zero-order valence-corrected chi connectivity index (χ0v) is 10.1. The molecule has 5 nitrogen and oxygen atoms in total. The molecule has 0 radical (unpaired) electrons. The van der Waals surface area contributed by atoms with E-state index in [0.29, 0.717) is 16.5 Å². The second kappa shape index (κ2) is 5.11. The van der Waals surface area contributed by atoms with Crippen molar-refractivity contribution in [1.29, 1.82) is 0 Å². The van der Waals surface area contributed by atoms with E-state index in [1.54, 1.807) is 18.4 Å². The van der Waals surface area contributed by atoms with E-state index in [1.165, 1.54) is 11.3 Å². The number of thiazole rings is 1. The molecule has 2 aromatic heterocycles. The van der Waals surface area contributed by atoms with E-state index in [2.05, 4.69) is 10.3 Å². The van der Waals surface area contributed by atoms with Gasteiger partial charge in [-0.2, -0.15) is 0 Å². The predicted octanol–water partition coefficient (Wildman–Crippen LogP) is 1.43. The lowest BCUT2D eigenvalue weighted by Gasteiger charge is -1.99. The maximum absolute atomic E-state index is 11.7. The van der Waals surface area contributed by atoms with Gasteiger partial charge in [-0.15, -0.1) is 11.3 Å². The van der Waals surface area contributed by atoms with Crippen LogP contribution < -0.4 is 5.32 Å². The number of carbonyl (C=O) groups is 1. The number of aliphatic hydroxyl groups is 1. The maximum Gasteiger partial charge on any atom is 0.271 e. The van der Waals surface area contributed by atoms with Gasteiger partial charge >= 0.3 is 0 Å². The minimum Gasteiger partial charge on any atom is -0.462 e. The Balaban J connectivity index is 2.22. The second-order valence-electron chi connectivity index (χ2n) is 3.38. The van der Waals surface area contributed by atoms with Crippen molar-refractivity contribution >= 4 is 17.2 Å². The fraction of sp³-hybridized carbons (Fsp3) is 0.273. The maximum atomic E-state index is 11.7. The van der Waals surface area contributed by atoms with Crippen molar-refractivity contribution < 1.29 is 14.3 Å². The van der Waals surface area contributed by atoms with Crippen molar-refractivity contribution in [3.8, 4) is 10.8 Å². The molecule has 90 valence electrons. The summed E-state index contributed by atoms with van der Waals surface area (Å²) in [6.07, 6.45) is 1.57. The molecule has 0 aliphatic heterocycles. The largest absolute Gasteiger partial charge is 0.462 e. The summed E-state index contributed by atoms with van der Waals surface area (Å²) < 4.78 is 5.22. The number of aromatic nitrogens is 1. The summed E-state index contributed by atoms with van der Waals surface area (Å²) in [5.74, 6) is 0.380. The van der Waals surface area contributed by atoms with Gasteiger partial charge in [0.25, 0.3) is 5.91 Å². The van der Waals surface area contributed by atoms with Crippen LogP contribution in [-0.4, -0.2) is 29.1 Å². The Hall–Kier alpha value is -1.66. The Morgan fingerprint density at radius 2 is 2.47 bits per heavy atom. The Labute approximate surface area is 102 Å². The predicted molar refractivity (Wildman–Crippen MR) is 64.0 cm³/mol. The first-order valence-electron chi connectivity index (χ1n) is 5.12. The van der Waals surface area contributed by atoms with Gasteiger partial charge < -0.3 is 14.8 Å². The smallest absolute Gasteiger partial charge is 0.271 e. The molecule has 6 heteroatoms. The van der Waals surface area contributed by atoms with Gasteiger partial charge in [-0.3, -0.25) is 4.79 Å². The Morgan fingerprint density at radius 1 is 1.65 bits per heavy atom. The van der Waals surface area contributed by atoms with E-state index in [-0.39, 0.29) is 19.1 Å². The summed E-state index contributed by atoms with van der Waals surface area (Å²) in [7, 11) is 0. The fourth-order valence-electron chi connectivity index (χ4n) is 1.37. The summed E-state index contributed by atoms with van der Waals surface area (Å²) >= 11 is 1.41. The molecule has 0 saturated carbocycles. The zero-order valence-electron chi connectivity index (χ0n) is 9.27. The summed E-state index contributed by atoms with van der Waals surface area (Å²) in [5, 5.41) is 11.9. The van der Waals surface area contributed by atoms with Gasteiger partial charge in [0.1, 0.15) is 5.69 Å². The van der Waals surface area contributed by atoms with Crippen LogP contribution in [0, 0.1) is 6.92 Å². The number of nitrogens with one attached hydrogen (secondary N) is 1. The van der Waals surface area contributed by atoms with E-state index < -0.39 is 0 Å². The minimum atomic E-state index is -0.273. The van der Waals surface area contributed by atoms with Crippen LogP contribution in [0.4, 0.5) is 0 Å². The van der Waals surface area contributed by atoms with Gasteiger partial charge in [-0.05, 0) is 19.1 Å². The molecular formula is C11H12N2O3S. The van der Waals surface area contributed by atoms with Crippen LogP contribution in [0.3, 0.4) is 0 Å². The highest BCUT2D eigenvalue weighted by atomic mass is 32.1. The van der Waals surface area contributed by atoms with Crippen molar-refractivity contribution in [2.24, 2.45) is 0 Å². The van der Waals surface area contributed by atoms with Gasteiger partial charge in [0.15, 0.2) is 10.8 Å². The molecular weight excluding hydrogens is 240 g/mol. The van der Waals surface area contributed by atoms with E-state index in [1.807, 2.05) is 6.92 Å². The van der Waals surface area contributed by atoms with Crippen molar-refractivity contribution in [1.82, 2.24) is 10.3 Å². The zero-order chi connectivity index (χ0) is 12.3. The molecule has 0 bridgehead atoms. The highest BCUT2D eigenvalue weighted by Gasteiger charge is 2.16. The van der Waals surface area contributed by atoms with Crippen molar-refractivity contribution in [3.63, 3.8) is 0 Å². The number of hydrogen-bond donors (Lipinski definition) is 2. The van der Waals surface area contributed by atoms with Crippen molar-refractivity contribution in [2.75, 3.05) is 13.2 Å². The van der Waals surface area contributed by atoms with Gasteiger partial charge in [0.05, 0.1) is 12.9 Å². The van der Waals surface area contributed by atoms with E-state index >= 15 is 0 Å². The average molecular weight is 252 g/mol. The van der Waals surface area contributed by atoms with Crippen LogP contribution in [0.25, 0.3) is 10.8 Å². The first-order valence-corrected chi connectivity index (χ1v) is 5.94. The summed E-state index contributed by atoms with van der Waals surface area (Å²) in [6.45, 7) is 1.98. The number of furan rings is 1. The number of amides is 1. The van der Waals surface area contributed by atoms with Crippen LogP contribution in [0.15, 0.2) is 22.8 Å². The van der Waals surface area contributed by atoms with Gasteiger partial charge in [-0.25, -0.2) is 4.98 Å². The molecule has 2 heterocycles. The SMILES string of the molecule is Cc1sc(-c2ccco2)nc1C(=O)NCCO. The monoisotopic (exact) mass is 252 g/mol. The van der Waals surface area contributed by atoms with Crippen molar-refractivity contribution in [2.45, 2.75) is 6.92 Å². The molecule has 2 N–H and O–H groups in total. The number of aliphatic hydroxyl groups excluding tert-OH is 1. The third-order valence-corrected chi connectivity index (χ3v) is 3.13. The molecule has 17 heavy (non-hydrogen) atoms. The Bertz CT molecular complexity index is 505. The van der Waals surface area contributed by atoms with Crippen LogP contribution in [0.2, 0.25) is 0 Å². The molecule has 2 rings (SSSR count). The first kappa shape index (κ1) is 11.8. The molecule has 0 unspecified atom stereocenters. The number of carbonyl (C=O) groups excluding carboxylic acids is 1. The van der Waals surface area contributed by atoms with Gasteiger partial charge in [0, 0.05) is 11.4 Å². The molecule has 2 aromatic rings. The molecule has 0 spiro atoms. The highest BCUT2D eigenvalue weighted by molar-refractivity contribution is 7.15. The molecule has 1 amide bonds. The average Bonchev–Trinajstić information content (AvgIpc) is 2.94. The third-order valence-electron chi connectivity index (χ3n) is 2.14. The molecule has 0 fully saturated rings. The lowest BCUT2D eigenvalue weighted by Crippen LogP contribution is -2.27. The standard InChI is InChI=1S/C11H12N2O3S/c1-7-9(10(15)12-4-5-14)13-11(17-7)8-3-2-6-16-8/h2-3,6,14H,4-5H2,1H3,(H,12,15).